The van der Waals surface area contributed by atoms with Gasteiger partial charge in [0.15, 0.2) is 0 Å². The van der Waals surface area contributed by atoms with E-state index < -0.39 is 0 Å². The topological polar surface area (TPSA) is 49.8 Å². The molecule has 0 unspecified atom stereocenters. The first kappa shape index (κ1) is 17.9. The second-order valence-electron chi connectivity index (χ2n) is 6.81. The summed E-state index contributed by atoms with van der Waals surface area (Å²) in [7, 11) is 1.95. The molecule has 2 N–H and O–H groups in total. The molecule has 0 aliphatic rings. The molecule has 0 radical (unpaired) electrons. The van der Waals surface area contributed by atoms with E-state index in [1.54, 1.807) is 0 Å². The Labute approximate surface area is 130 Å². The summed E-state index contributed by atoms with van der Waals surface area (Å²) in [6.45, 7) is 15.1. The van der Waals surface area contributed by atoms with Gasteiger partial charge in [-0.05, 0) is 24.8 Å². The molecule has 1 rings (SSSR count). The first-order valence-electron chi connectivity index (χ1n) is 8.11. The average Bonchev–Trinajstić information content (AvgIpc) is 2.39. The summed E-state index contributed by atoms with van der Waals surface area (Å²) in [5.74, 6) is 3.25. The van der Waals surface area contributed by atoms with Crippen molar-refractivity contribution in [3.63, 3.8) is 0 Å². The first-order chi connectivity index (χ1) is 9.86. The van der Waals surface area contributed by atoms with Crippen molar-refractivity contribution in [3.8, 4) is 0 Å². The Hall–Kier alpha value is -1.16. The second-order valence-corrected chi connectivity index (χ2v) is 6.81. The smallest absolute Gasteiger partial charge is 0.131 e. The van der Waals surface area contributed by atoms with Crippen LogP contribution in [-0.4, -0.2) is 23.6 Å². The summed E-state index contributed by atoms with van der Waals surface area (Å²) in [5, 5.41) is 6.76. The number of nitrogens with zero attached hydrogens (tertiary/aromatic N) is 2. The summed E-state index contributed by atoms with van der Waals surface area (Å²) in [6, 6.07) is 0. The van der Waals surface area contributed by atoms with Crippen LogP contribution in [0.2, 0.25) is 0 Å². The van der Waals surface area contributed by atoms with Gasteiger partial charge in [-0.1, -0.05) is 41.5 Å². The van der Waals surface area contributed by atoms with E-state index >= 15 is 0 Å². The summed E-state index contributed by atoms with van der Waals surface area (Å²) in [6.07, 6.45) is 1.94. The van der Waals surface area contributed by atoms with Crippen LogP contribution < -0.4 is 10.6 Å². The van der Waals surface area contributed by atoms with Crippen LogP contribution in [-0.2, 0) is 6.54 Å². The van der Waals surface area contributed by atoms with Gasteiger partial charge < -0.3 is 10.6 Å². The minimum absolute atomic E-state index is 0.355. The van der Waals surface area contributed by atoms with Gasteiger partial charge in [0.1, 0.15) is 5.82 Å². The Morgan fingerprint density at radius 1 is 1.05 bits per heavy atom. The molecule has 1 heterocycles. The Morgan fingerprint density at radius 3 is 2.14 bits per heavy atom. The maximum absolute atomic E-state index is 4.69. The largest absolute Gasteiger partial charge is 0.382 e. The SMILES string of the molecule is CNCc1nc(C(C)C)ncc1NCC(C(C)C)C(C)C. The molecule has 1 aromatic heterocycles. The molecule has 0 saturated carbocycles. The summed E-state index contributed by atoms with van der Waals surface area (Å²) in [4.78, 5) is 9.18. The lowest BCUT2D eigenvalue weighted by Crippen LogP contribution is -2.25. The van der Waals surface area contributed by atoms with Crippen LogP contribution in [0.3, 0.4) is 0 Å². The van der Waals surface area contributed by atoms with Crippen molar-refractivity contribution in [1.29, 1.82) is 0 Å². The average molecular weight is 292 g/mol. The maximum Gasteiger partial charge on any atom is 0.131 e. The van der Waals surface area contributed by atoms with Crippen molar-refractivity contribution < 1.29 is 0 Å². The minimum Gasteiger partial charge on any atom is -0.382 e. The third-order valence-corrected chi connectivity index (χ3v) is 3.99. The van der Waals surface area contributed by atoms with E-state index in [1.165, 1.54) is 0 Å². The molecule has 0 aromatic carbocycles. The molecule has 0 saturated heterocycles. The van der Waals surface area contributed by atoms with Gasteiger partial charge in [-0.2, -0.15) is 0 Å². The molecular weight excluding hydrogens is 260 g/mol. The fourth-order valence-electron chi connectivity index (χ4n) is 2.63. The summed E-state index contributed by atoms with van der Waals surface area (Å²) in [5.41, 5.74) is 2.11. The molecule has 4 heteroatoms. The predicted octanol–water partition coefficient (Wildman–Crippen LogP) is 3.66. The van der Waals surface area contributed by atoms with Crippen LogP contribution in [0.5, 0.6) is 0 Å². The summed E-state index contributed by atoms with van der Waals surface area (Å²) < 4.78 is 0. The van der Waals surface area contributed by atoms with E-state index in [0.29, 0.717) is 23.7 Å². The highest BCUT2D eigenvalue weighted by molar-refractivity contribution is 5.46. The zero-order chi connectivity index (χ0) is 16.0. The molecule has 21 heavy (non-hydrogen) atoms. The van der Waals surface area contributed by atoms with E-state index in [9.17, 15) is 0 Å². The van der Waals surface area contributed by atoms with Crippen LogP contribution in [0.1, 0.15) is 59.0 Å². The van der Waals surface area contributed by atoms with Crippen molar-refractivity contribution in [2.45, 2.75) is 54.0 Å². The van der Waals surface area contributed by atoms with Gasteiger partial charge in [0.2, 0.25) is 0 Å². The van der Waals surface area contributed by atoms with Crippen molar-refractivity contribution in [2.75, 3.05) is 18.9 Å². The van der Waals surface area contributed by atoms with Crippen LogP contribution in [0.4, 0.5) is 5.69 Å². The molecule has 0 amide bonds. The van der Waals surface area contributed by atoms with Gasteiger partial charge in [-0.25, -0.2) is 9.97 Å². The number of anilines is 1. The van der Waals surface area contributed by atoms with E-state index in [4.69, 9.17) is 4.98 Å². The lowest BCUT2D eigenvalue weighted by Gasteiger charge is -2.26. The number of hydrogen-bond donors (Lipinski definition) is 2. The van der Waals surface area contributed by atoms with Gasteiger partial charge in [0.25, 0.3) is 0 Å². The molecule has 0 aliphatic heterocycles. The second kappa shape index (κ2) is 8.32. The Morgan fingerprint density at radius 2 is 1.67 bits per heavy atom. The van der Waals surface area contributed by atoms with Crippen LogP contribution >= 0.6 is 0 Å². The molecule has 0 fully saturated rings. The normalized spacial score (nSPS) is 12.0. The van der Waals surface area contributed by atoms with Gasteiger partial charge in [-0.15, -0.1) is 0 Å². The minimum atomic E-state index is 0.355. The van der Waals surface area contributed by atoms with Crippen molar-refractivity contribution in [1.82, 2.24) is 15.3 Å². The number of nitrogens with one attached hydrogen (secondary N) is 2. The fraction of sp³-hybridized carbons (Fsp3) is 0.765. The molecule has 120 valence electrons. The van der Waals surface area contributed by atoms with Crippen molar-refractivity contribution >= 4 is 5.69 Å². The molecular formula is C17H32N4. The Kier molecular flexibility index (Phi) is 7.09. The molecule has 4 nitrogen and oxygen atoms in total. The van der Waals surface area contributed by atoms with Crippen molar-refractivity contribution in [2.24, 2.45) is 17.8 Å². The number of rotatable bonds is 8. The lowest BCUT2D eigenvalue weighted by atomic mass is 9.85. The molecule has 0 bridgehead atoms. The predicted molar refractivity (Wildman–Crippen MR) is 90.5 cm³/mol. The third kappa shape index (κ3) is 5.27. The van der Waals surface area contributed by atoms with E-state index in [2.05, 4.69) is 57.2 Å². The maximum atomic E-state index is 4.69. The molecule has 1 aromatic rings. The highest BCUT2D eigenvalue weighted by Gasteiger charge is 2.18. The molecule has 0 atom stereocenters. The van der Waals surface area contributed by atoms with Gasteiger partial charge in [0.05, 0.1) is 17.6 Å². The zero-order valence-electron chi connectivity index (χ0n) is 14.7. The first-order valence-corrected chi connectivity index (χ1v) is 8.11. The molecule has 0 aliphatic carbocycles. The lowest BCUT2D eigenvalue weighted by molar-refractivity contribution is 0.304. The number of aromatic nitrogens is 2. The van der Waals surface area contributed by atoms with Crippen LogP contribution in [0.25, 0.3) is 0 Å². The van der Waals surface area contributed by atoms with E-state index in [-0.39, 0.29) is 0 Å². The van der Waals surface area contributed by atoms with E-state index in [0.717, 1.165) is 30.3 Å². The highest BCUT2D eigenvalue weighted by atomic mass is 15.0. The van der Waals surface area contributed by atoms with Gasteiger partial charge >= 0.3 is 0 Å². The van der Waals surface area contributed by atoms with Crippen LogP contribution in [0, 0.1) is 17.8 Å². The third-order valence-electron chi connectivity index (χ3n) is 3.99. The van der Waals surface area contributed by atoms with Gasteiger partial charge in [-0.3, -0.25) is 0 Å². The highest BCUT2D eigenvalue weighted by Crippen LogP contribution is 2.22. The standard InChI is InChI=1S/C17H32N4/c1-11(2)14(12(3)4)8-19-15-10-20-17(13(5)6)21-16(15)9-18-7/h10-14,18-19H,8-9H2,1-7H3. The van der Waals surface area contributed by atoms with Gasteiger partial charge in [0, 0.05) is 19.0 Å². The number of hydrogen-bond acceptors (Lipinski definition) is 4. The monoisotopic (exact) mass is 292 g/mol. The fourth-order valence-corrected chi connectivity index (χ4v) is 2.63. The Bertz CT molecular complexity index is 419. The molecule has 0 spiro atoms. The Balaban J connectivity index is 2.86. The zero-order valence-corrected chi connectivity index (χ0v) is 14.7. The van der Waals surface area contributed by atoms with Crippen LogP contribution in [0.15, 0.2) is 6.20 Å². The summed E-state index contributed by atoms with van der Waals surface area (Å²) >= 11 is 0. The van der Waals surface area contributed by atoms with E-state index in [1.807, 2.05) is 13.2 Å². The van der Waals surface area contributed by atoms with Crippen molar-refractivity contribution in [3.05, 3.63) is 17.7 Å². The quantitative estimate of drug-likeness (QED) is 0.767.